The molecule has 0 saturated carbocycles. The summed E-state index contributed by atoms with van der Waals surface area (Å²) in [6.45, 7) is 8.82. The maximum Gasteiger partial charge on any atom is 0.409 e. The summed E-state index contributed by atoms with van der Waals surface area (Å²) < 4.78 is 52.1. The number of carbonyl (C=O) groups is 1. The van der Waals surface area contributed by atoms with Gasteiger partial charge in [-0.15, -0.1) is 0 Å². The Hall–Kier alpha value is -3.85. The van der Waals surface area contributed by atoms with Crippen LogP contribution in [0.3, 0.4) is 0 Å². The molecule has 0 unspecified atom stereocenters. The fraction of sp³-hybridized carbons (Fsp3) is 0.542. The first-order chi connectivity index (χ1) is 18.6. The zero-order valence-electron chi connectivity index (χ0n) is 22.1. The number of alkyl halides is 2. The monoisotopic (exact) mass is 548 g/mol. The average molecular weight is 549 g/mol. The van der Waals surface area contributed by atoms with Crippen molar-refractivity contribution in [2.45, 2.75) is 32.6 Å². The quantitative estimate of drug-likeness (QED) is 0.485. The highest BCUT2D eigenvalue weighted by atomic mass is 19.3. The van der Waals surface area contributed by atoms with Crippen molar-refractivity contribution in [3.05, 3.63) is 17.5 Å². The Morgan fingerprint density at radius 2 is 1.62 bits per heavy atom. The average Bonchev–Trinajstić information content (AvgIpc) is 3.56. The van der Waals surface area contributed by atoms with Crippen LogP contribution in [-0.2, 0) is 14.9 Å². The number of nitrogens with zero attached hydrogens (tertiary/aromatic N) is 7. The number of methoxy groups -OCH3 is 1. The number of benzene rings is 1. The first-order valence-electron chi connectivity index (χ1n) is 12.4. The van der Waals surface area contributed by atoms with Crippen LogP contribution in [0.2, 0.25) is 0 Å². The van der Waals surface area contributed by atoms with Crippen molar-refractivity contribution in [1.82, 2.24) is 24.5 Å². The number of rotatable bonds is 6. The van der Waals surface area contributed by atoms with E-state index in [1.165, 1.54) is 13.2 Å². The molecule has 0 atom stereocenters. The number of aromatic nitrogens is 5. The predicted octanol–water partition coefficient (Wildman–Crippen LogP) is 2.54. The molecule has 2 aliphatic rings. The zero-order chi connectivity index (χ0) is 27.9. The second-order valence-corrected chi connectivity index (χ2v) is 10.1. The molecule has 39 heavy (non-hydrogen) atoms. The minimum atomic E-state index is -3.00. The van der Waals surface area contributed by atoms with E-state index in [1.54, 1.807) is 4.90 Å². The van der Waals surface area contributed by atoms with Gasteiger partial charge >= 0.3 is 6.09 Å². The topological polar surface area (TPSA) is 143 Å². The molecule has 2 saturated heterocycles. The fourth-order valence-electron chi connectivity index (χ4n) is 4.69. The zero-order valence-corrected chi connectivity index (χ0v) is 22.1. The van der Waals surface area contributed by atoms with Crippen molar-refractivity contribution >= 4 is 29.0 Å². The number of amides is 1. The number of anilines is 2. The minimum absolute atomic E-state index is 0.0527. The van der Waals surface area contributed by atoms with Gasteiger partial charge in [-0.3, -0.25) is 4.57 Å². The number of morpholine rings is 1. The van der Waals surface area contributed by atoms with E-state index in [1.807, 2.05) is 25.7 Å². The summed E-state index contributed by atoms with van der Waals surface area (Å²) in [5.41, 5.74) is 5.46. The summed E-state index contributed by atoms with van der Waals surface area (Å²) in [6.07, 6.45) is -4.06. The van der Waals surface area contributed by atoms with Crippen molar-refractivity contribution in [1.29, 1.82) is 0 Å². The van der Waals surface area contributed by atoms with Gasteiger partial charge in [-0.25, -0.2) is 18.6 Å². The van der Waals surface area contributed by atoms with Crippen molar-refractivity contribution < 1.29 is 32.5 Å². The van der Waals surface area contributed by atoms with Gasteiger partial charge in [-0.1, -0.05) is 20.8 Å². The summed E-state index contributed by atoms with van der Waals surface area (Å²) in [5, 5.41) is 0. The number of hydrogen-bond acceptors (Lipinski definition) is 11. The minimum Gasteiger partial charge on any atom is -0.494 e. The number of nitrogens with two attached hydrogens (primary N) is 1. The lowest BCUT2D eigenvalue weighted by Crippen LogP contribution is -2.38. The molecule has 1 aromatic carbocycles. The van der Waals surface area contributed by atoms with Crippen LogP contribution < -0.4 is 25.0 Å². The van der Waals surface area contributed by atoms with Crippen LogP contribution >= 0.6 is 0 Å². The van der Waals surface area contributed by atoms with Crippen LogP contribution in [0, 0.1) is 0 Å². The lowest BCUT2D eigenvalue weighted by atomic mass is 9.85. The van der Waals surface area contributed by atoms with E-state index in [0.29, 0.717) is 51.0 Å². The predicted molar refractivity (Wildman–Crippen MR) is 136 cm³/mol. The van der Waals surface area contributed by atoms with Crippen molar-refractivity contribution in [2.24, 2.45) is 5.73 Å². The van der Waals surface area contributed by atoms with Gasteiger partial charge in [0.2, 0.25) is 17.8 Å². The van der Waals surface area contributed by atoms with Gasteiger partial charge in [-0.2, -0.15) is 15.0 Å². The molecule has 4 heterocycles. The summed E-state index contributed by atoms with van der Waals surface area (Å²) in [5.74, 6) is 0.112. The third kappa shape index (κ3) is 5.11. The van der Waals surface area contributed by atoms with Crippen LogP contribution in [0.4, 0.5) is 25.5 Å². The number of primary amides is 1. The number of imidazole rings is 1. The highest BCUT2D eigenvalue weighted by Gasteiger charge is 2.33. The van der Waals surface area contributed by atoms with E-state index < -0.39 is 23.8 Å². The molecule has 5 rings (SSSR count). The number of fused-ring (bicyclic) bond motifs is 1. The lowest BCUT2D eigenvalue weighted by Gasteiger charge is -2.28. The molecular weight excluding hydrogens is 518 g/mol. The normalized spacial score (nSPS) is 16.4. The third-order valence-electron chi connectivity index (χ3n) is 6.38. The van der Waals surface area contributed by atoms with E-state index in [9.17, 15) is 13.6 Å². The van der Waals surface area contributed by atoms with Crippen LogP contribution in [0.25, 0.3) is 17.0 Å². The molecule has 15 heteroatoms. The molecule has 0 aliphatic carbocycles. The van der Waals surface area contributed by atoms with E-state index in [0.717, 1.165) is 4.57 Å². The Kier molecular flexibility index (Phi) is 7.11. The van der Waals surface area contributed by atoms with Crippen LogP contribution in [0.1, 0.15) is 38.6 Å². The molecule has 2 fully saturated rings. The largest absolute Gasteiger partial charge is 0.494 e. The second-order valence-electron chi connectivity index (χ2n) is 10.1. The molecule has 0 bridgehead atoms. The molecule has 3 aromatic rings. The smallest absolute Gasteiger partial charge is 0.409 e. The van der Waals surface area contributed by atoms with Crippen molar-refractivity contribution in [3.63, 3.8) is 0 Å². The standard InChI is InChI=1S/C24H30F2N8O5/c1-24(2,3)15-14(39-20(27)35)11-13-16(17(15)36-4)28-19(18(25)26)34(13)23-30-21(32-5-8-37-9-6-32)29-22(31-23)33-7-10-38-12-33/h11,18H,5-10,12H2,1-4H3,(H2,27,35). The Bertz CT molecular complexity index is 1380. The molecule has 2 N–H and O–H groups in total. The van der Waals surface area contributed by atoms with Crippen molar-refractivity contribution in [2.75, 3.05) is 63.1 Å². The van der Waals surface area contributed by atoms with Crippen LogP contribution in [0.15, 0.2) is 6.07 Å². The summed E-state index contributed by atoms with van der Waals surface area (Å²) in [6, 6.07) is 1.43. The molecular formula is C24H30F2N8O5. The summed E-state index contributed by atoms with van der Waals surface area (Å²) in [4.78, 5) is 33.5. The highest BCUT2D eigenvalue weighted by Crippen LogP contribution is 2.45. The Balaban J connectivity index is 1.80. The Labute approximate surface area is 222 Å². The first kappa shape index (κ1) is 26.7. The molecule has 0 radical (unpaired) electrons. The highest BCUT2D eigenvalue weighted by molar-refractivity contribution is 5.89. The van der Waals surface area contributed by atoms with Gasteiger partial charge in [0.25, 0.3) is 6.43 Å². The third-order valence-corrected chi connectivity index (χ3v) is 6.38. The number of carbonyl (C=O) groups excluding carboxylic acids is 1. The van der Waals surface area contributed by atoms with Gasteiger partial charge in [-0.05, 0) is 5.41 Å². The number of hydrogen-bond donors (Lipinski definition) is 1. The molecule has 13 nitrogen and oxygen atoms in total. The summed E-state index contributed by atoms with van der Waals surface area (Å²) >= 11 is 0. The maximum absolute atomic E-state index is 14.5. The number of halogens is 2. The van der Waals surface area contributed by atoms with Gasteiger partial charge in [0.15, 0.2) is 11.6 Å². The number of ether oxygens (including phenoxy) is 4. The Morgan fingerprint density at radius 1 is 1.00 bits per heavy atom. The van der Waals surface area contributed by atoms with E-state index in [-0.39, 0.29) is 41.2 Å². The fourth-order valence-corrected chi connectivity index (χ4v) is 4.69. The van der Waals surface area contributed by atoms with Gasteiger partial charge in [0, 0.05) is 31.3 Å². The van der Waals surface area contributed by atoms with Crippen molar-refractivity contribution in [3.8, 4) is 17.4 Å². The molecule has 210 valence electrons. The van der Waals surface area contributed by atoms with E-state index in [2.05, 4.69) is 19.9 Å². The van der Waals surface area contributed by atoms with E-state index in [4.69, 9.17) is 24.7 Å². The maximum atomic E-state index is 14.5. The van der Waals surface area contributed by atoms with Gasteiger partial charge in [0.1, 0.15) is 18.0 Å². The molecule has 1 amide bonds. The van der Waals surface area contributed by atoms with E-state index >= 15 is 0 Å². The first-order valence-corrected chi connectivity index (χ1v) is 12.4. The van der Waals surface area contributed by atoms with Gasteiger partial charge < -0.3 is 34.5 Å². The molecule has 2 aromatic heterocycles. The second kappa shape index (κ2) is 10.4. The van der Waals surface area contributed by atoms with Gasteiger partial charge in [0.05, 0.1) is 32.4 Å². The Morgan fingerprint density at radius 3 is 2.18 bits per heavy atom. The molecule has 2 aliphatic heterocycles. The van der Waals surface area contributed by atoms with Crippen LogP contribution in [0.5, 0.6) is 11.5 Å². The summed E-state index contributed by atoms with van der Waals surface area (Å²) in [7, 11) is 1.39. The molecule has 0 spiro atoms. The van der Waals surface area contributed by atoms with Crippen LogP contribution in [-0.4, -0.2) is 83.9 Å². The SMILES string of the molecule is COc1c(C(C)(C)C)c(OC(N)=O)cc2c1nc(C(F)F)n2-c1nc(N2CCOCC2)nc(N2CCOC2)n1. The lowest BCUT2D eigenvalue weighted by molar-refractivity contribution is 0.122.